The molecule has 0 radical (unpaired) electrons. The van der Waals surface area contributed by atoms with Gasteiger partial charge in [-0.2, -0.15) is 4.31 Å². The Balaban J connectivity index is 1.75. The number of piperidine rings is 1. The number of rotatable bonds is 9. The van der Waals surface area contributed by atoms with Crippen LogP contribution < -0.4 is 10.6 Å². The van der Waals surface area contributed by atoms with Gasteiger partial charge in [0.25, 0.3) is 0 Å². The topological polar surface area (TPSA) is 77.0 Å². The second-order valence-corrected chi connectivity index (χ2v) is 10.4. The number of nitrogens with zero attached hydrogens (tertiary/aromatic N) is 3. The van der Waals surface area contributed by atoms with E-state index in [-0.39, 0.29) is 0 Å². The van der Waals surface area contributed by atoms with Crippen LogP contribution in [0.5, 0.6) is 0 Å². The van der Waals surface area contributed by atoms with Crippen molar-refractivity contribution in [1.82, 2.24) is 19.8 Å². The molecular weight excluding hydrogens is 398 g/mol. The molecule has 1 aliphatic heterocycles. The van der Waals surface area contributed by atoms with Crippen molar-refractivity contribution in [3.63, 3.8) is 0 Å². The van der Waals surface area contributed by atoms with Gasteiger partial charge >= 0.3 is 0 Å². The second-order valence-electron chi connectivity index (χ2n) is 8.47. The van der Waals surface area contributed by atoms with Crippen molar-refractivity contribution in [2.45, 2.75) is 57.5 Å². The van der Waals surface area contributed by atoms with Gasteiger partial charge in [0.1, 0.15) is 0 Å². The maximum atomic E-state index is 12.8. The molecule has 0 bridgehead atoms. The number of sulfonamides is 1. The zero-order valence-electron chi connectivity index (χ0n) is 19.1. The quantitative estimate of drug-likeness (QED) is 0.458. The Hall–Kier alpha value is -1.64. The zero-order chi connectivity index (χ0) is 22.1. The molecule has 0 unspecified atom stereocenters. The Morgan fingerprint density at radius 2 is 1.70 bits per heavy atom. The lowest BCUT2D eigenvalue weighted by Crippen LogP contribution is -2.47. The molecule has 170 valence electrons. The molecule has 0 atom stereocenters. The zero-order valence-corrected chi connectivity index (χ0v) is 20.0. The molecule has 1 aromatic rings. The average Bonchev–Trinajstić information content (AvgIpc) is 2.73. The van der Waals surface area contributed by atoms with Crippen LogP contribution in [0.4, 0.5) is 0 Å². The number of benzene rings is 1. The summed E-state index contributed by atoms with van der Waals surface area (Å²) in [7, 11) is -1.60. The van der Waals surface area contributed by atoms with Gasteiger partial charge in [-0.05, 0) is 58.6 Å². The highest BCUT2D eigenvalue weighted by molar-refractivity contribution is 7.89. The lowest BCUT2D eigenvalue weighted by Gasteiger charge is -2.32. The van der Waals surface area contributed by atoms with E-state index in [9.17, 15) is 8.42 Å². The van der Waals surface area contributed by atoms with Gasteiger partial charge in [0, 0.05) is 51.9 Å². The summed E-state index contributed by atoms with van der Waals surface area (Å²) in [6, 6.07) is 9.73. The smallest absolute Gasteiger partial charge is 0.243 e. The van der Waals surface area contributed by atoms with E-state index in [1.165, 1.54) is 0 Å². The van der Waals surface area contributed by atoms with Crippen molar-refractivity contribution in [3.8, 4) is 0 Å². The summed E-state index contributed by atoms with van der Waals surface area (Å²) in [5.74, 6) is 1.25. The number of guanidine groups is 1. The molecule has 30 heavy (non-hydrogen) atoms. The summed E-state index contributed by atoms with van der Waals surface area (Å²) in [5.41, 5.74) is 0. The van der Waals surface area contributed by atoms with E-state index in [1.807, 2.05) is 6.07 Å². The van der Waals surface area contributed by atoms with E-state index >= 15 is 0 Å². The molecule has 1 saturated heterocycles. The SMILES string of the molecule is CN=C(NCCN(C(C)C)C(C)C)NCC1CCN(S(=O)(=O)c2ccccc2)CC1. The van der Waals surface area contributed by atoms with E-state index < -0.39 is 10.0 Å². The predicted molar refractivity (Wildman–Crippen MR) is 124 cm³/mol. The van der Waals surface area contributed by atoms with Gasteiger partial charge in [-0.3, -0.25) is 9.89 Å². The second kappa shape index (κ2) is 11.7. The van der Waals surface area contributed by atoms with Gasteiger partial charge in [-0.1, -0.05) is 18.2 Å². The molecule has 0 spiro atoms. The van der Waals surface area contributed by atoms with Crippen LogP contribution in [0, 0.1) is 5.92 Å². The molecular formula is C22H39N5O2S. The van der Waals surface area contributed by atoms with Crippen molar-refractivity contribution in [1.29, 1.82) is 0 Å². The maximum absolute atomic E-state index is 12.8. The van der Waals surface area contributed by atoms with E-state index in [2.05, 4.69) is 48.2 Å². The van der Waals surface area contributed by atoms with Crippen LogP contribution in [0.3, 0.4) is 0 Å². The molecule has 0 aliphatic carbocycles. The van der Waals surface area contributed by atoms with Crippen LogP contribution in [0.15, 0.2) is 40.2 Å². The maximum Gasteiger partial charge on any atom is 0.243 e. The van der Waals surface area contributed by atoms with E-state index in [0.717, 1.165) is 38.4 Å². The highest BCUT2D eigenvalue weighted by atomic mass is 32.2. The normalized spacial score (nSPS) is 17.1. The number of aliphatic imine (C=N–C) groups is 1. The van der Waals surface area contributed by atoms with Gasteiger partial charge < -0.3 is 10.6 Å². The van der Waals surface area contributed by atoms with Gasteiger partial charge in [-0.15, -0.1) is 0 Å². The molecule has 0 aromatic heterocycles. The third-order valence-electron chi connectivity index (χ3n) is 5.73. The first-order valence-corrected chi connectivity index (χ1v) is 12.4. The monoisotopic (exact) mass is 437 g/mol. The van der Waals surface area contributed by atoms with E-state index in [0.29, 0.717) is 36.0 Å². The van der Waals surface area contributed by atoms with E-state index in [1.54, 1.807) is 35.6 Å². The standard InChI is InChI=1S/C22H39N5O2S/c1-18(2)27(19(3)4)16-13-24-22(23-5)25-17-20-11-14-26(15-12-20)30(28,29)21-9-7-6-8-10-21/h6-10,18-20H,11-17H2,1-5H3,(H2,23,24,25). The molecule has 1 heterocycles. The first-order chi connectivity index (χ1) is 14.3. The highest BCUT2D eigenvalue weighted by Gasteiger charge is 2.29. The minimum absolute atomic E-state index is 0.378. The Morgan fingerprint density at radius 3 is 2.23 bits per heavy atom. The van der Waals surface area contributed by atoms with Crippen LogP contribution in [0.2, 0.25) is 0 Å². The van der Waals surface area contributed by atoms with Crippen LogP contribution in [-0.4, -0.2) is 75.4 Å². The first-order valence-electron chi connectivity index (χ1n) is 11.0. The van der Waals surface area contributed by atoms with Crippen molar-refractivity contribution in [2.24, 2.45) is 10.9 Å². The number of hydrogen-bond donors (Lipinski definition) is 2. The summed E-state index contributed by atoms with van der Waals surface area (Å²) >= 11 is 0. The fourth-order valence-electron chi connectivity index (χ4n) is 3.97. The molecule has 7 nitrogen and oxygen atoms in total. The minimum atomic E-state index is -3.38. The predicted octanol–water partition coefficient (Wildman–Crippen LogP) is 2.37. The largest absolute Gasteiger partial charge is 0.356 e. The Labute approximate surface area is 183 Å². The van der Waals surface area contributed by atoms with Gasteiger partial charge in [0.2, 0.25) is 10.0 Å². The summed E-state index contributed by atoms with van der Waals surface area (Å²) in [5, 5.41) is 6.80. The molecule has 0 saturated carbocycles. The fraction of sp³-hybridized carbons (Fsp3) is 0.682. The molecule has 0 amide bonds. The lowest BCUT2D eigenvalue weighted by atomic mass is 9.98. The van der Waals surface area contributed by atoms with Crippen molar-refractivity contribution < 1.29 is 8.42 Å². The molecule has 1 aliphatic rings. The minimum Gasteiger partial charge on any atom is -0.356 e. The highest BCUT2D eigenvalue weighted by Crippen LogP contribution is 2.23. The van der Waals surface area contributed by atoms with Crippen molar-refractivity contribution in [3.05, 3.63) is 30.3 Å². The Bertz CT molecular complexity index is 749. The third kappa shape index (κ3) is 6.96. The molecule has 1 fully saturated rings. The fourth-order valence-corrected chi connectivity index (χ4v) is 5.46. The summed E-state index contributed by atoms with van der Waals surface area (Å²) in [6.07, 6.45) is 1.70. The molecule has 8 heteroatoms. The molecule has 1 aromatic carbocycles. The van der Waals surface area contributed by atoms with Crippen LogP contribution in [0.25, 0.3) is 0 Å². The Kier molecular flexibility index (Phi) is 9.58. The van der Waals surface area contributed by atoms with Gasteiger partial charge in [-0.25, -0.2) is 8.42 Å². The first kappa shape index (κ1) is 24.6. The molecule has 2 N–H and O–H groups in total. The van der Waals surface area contributed by atoms with Crippen molar-refractivity contribution >= 4 is 16.0 Å². The van der Waals surface area contributed by atoms with Crippen LogP contribution in [-0.2, 0) is 10.0 Å². The van der Waals surface area contributed by atoms with Gasteiger partial charge in [0.05, 0.1) is 4.90 Å². The third-order valence-corrected chi connectivity index (χ3v) is 7.64. The number of hydrogen-bond acceptors (Lipinski definition) is 4. The summed E-state index contributed by atoms with van der Waals surface area (Å²) in [6.45, 7) is 12.6. The van der Waals surface area contributed by atoms with Gasteiger partial charge in [0.15, 0.2) is 5.96 Å². The Morgan fingerprint density at radius 1 is 1.10 bits per heavy atom. The summed E-state index contributed by atoms with van der Waals surface area (Å²) < 4.78 is 27.1. The average molecular weight is 438 g/mol. The lowest BCUT2D eigenvalue weighted by molar-refractivity contribution is 0.178. The molecule has 2 rings (SSSR count). The van der Waals surface area contributed by atoms with Crippen LogP contribution >= 0.6 is 0 Å². The van der Waals surface area contributed by atoms with Crippen molar-refractivity contribution in [2.75, 3.05) is 39.8 Å². The summed E-state index contributed by atoms with van der Waals surface area (Å²) in [4.78, 5) is 7.15. The van der Waals surface area contributed by atoms with E-state index in [4.69, 9.17) is 0 Å². The number of nitrogens with one attached hydrogen (secondary N) is 2. The van der Waals surface area contributed by atoms with Crippen LogP contribution in [0.1, 0.15) is 40.5 Å².